The number of nitrogen functional groups attached to an aromatic ring is 1. The molecule has 1 aromatic carbocycles. The Morgan fingerprint density at radius 1 is 1.59 bits per heavy atom. The van der Waals surface area contributed by atoms with Crippen LogP contribution in [0, 0.1) is 0 Å². The molecule has 90 valence electrons. The van der Waals surface area contributed by atoms with Gasteiger partial charge in [0.05, 0.1) is 12.8 Å². The van der Waals surface area contributed by atoms with Crippen LogP contribution in [-0.2, 0) is 11.2 Å². The highest BCUT2D eigenvalue weighted by Crippen LogP contribution is 2.35. The molecule has 1 aliphatic heterocycles. The maximum Gasteiger partial charge on any atom is 0.250 e. The zero-order valence-corrected chi connectivity index (χ0v) is 9.90. The highest BCUT2D eigenvalue weighted by molar-refractivity contribution is 6.02. The summed E-state index contributed by atoms with van der Waals surface area (Å²) in [6, 6.07) is 3.71. The van der Waals surface area contributed by atoms with E-state index in [1.807, 2.05) is 6.07 Å². The number of carbonyl (C=O) groups excluding carboxylic acids is 1. The predicted octanol–water partition coefficient (Wildman–Crippen LogP) is 1.74. The summed E-state index contributed by atoms with van der Waals surface area (Å²) in [7, 11) is 1.59. The van der Waals surface area contributed by atoms with Gasteiger partial charge in [0.2, 0.25) is 5.91 Å². The Morgan fingerprint density at radius 2 is 2.35 bits per heavy atom. The van der Waals surface area contributed by atoms with Gasteiger partial charge in [-0.05, 0) is 36.6 Å². The lowest BCUT2D eigenvalue weighted by molar-refractivity contribution is -0.114. The fourth-order valence-electron chi connectivity index (χ4n) is 2.14. The SMILES string of the molecule is C=CC(=O)N1CCCc2cc(OC)c(N)cc21. The molecule has 0 saturated carbocycles. The van der Waals surface area contributed by atoms with Crippen molar-refractivity contribution in [1.29, 1.82) is 0 Å². The molecule has 1 amide bonds. The number of aryl methyl sites for hydroxylation is 1. The number of nitrogens with zero attached hydrogens (tertiary/aromatic N) is 1. The van der Waals surface area contributed by atoms with Crippen LogP contribution in [0.2, 0.25) is 0 Å². The number of nitrogens with two attached hydrogens (primary N) is 1. The number of amides is 1. The minimum absolute atomic E-state index is 0.0875. The zero-order valence-electron chi connectivity index (χ0n) is 9.90. The van der Waals surface area contributed by atoms with Gasteiger partial charge in [-0.1, -0.05) is 6.58 Å². The van der Waals surface area contributed by atoms with Crippen molar-refractivity contribution in [1.82, 2.24) is 0 Å². The van der Waals surface area contributed by atoms with E-state index in [0.717, 1.165) is 24.1 Å². The van der Waals surface area contributed by atoms with E-state index in [4.69, 9.17) is 10.5 Å². The summed E-state index contributed by atoms with van der Waals surface area (Å²) in [5, 5.41) is 0. The largest absolute Gasteiger partial charge is 0.495 e. The van der Waals surface area contributed by atoms with Crippen molar-refractivity contribution in [3.8, 4) is 5.75 Å². The molecular weight excluding hydrogens is 216 g/mol. The van der Waals surface area contributed by atoms with Gasteiger partial charge in [-0.25, -0.2) is 0 Å². The van der Waals surface area contributed by atoms with E-state index in [-0.39, 0.29) is 5.91 Å². The molecule has 0 radical (unpaired) electrons. The average Bonchev–Trinajstić information content (AvgIpc) is 2.36. The van der Waals surface area contributed by atoms with Crippen LogP contribution in [0.15, 0.2) is 24.8 Å². The Balaban J connectivity index is 2.48. The van der Waals surface area contributed by atoms with E-state index >= 15 is 0 Å². The van der Waals surface area contributed by atoms with Gasteiger partial charge in [-0.2, -0.15) is 0 Å². The summed E-state index contributed by atoms with van der Waals surface area (Å²) < 4.78 is 5.18. The number of hydrogen-bond donors (Lipinski definition) is 1. The van der Waals surface area contributed by atoms with Crippen LogP contribution in [-0.4, -0.2) is 19.6 Å². The molecule has 2 rings (SSSR count). The van der Waals surface area contributed by atoms with Crippen molar-refractivity contribution < 1.29 is 9.53 Å². The third kappa shape index (κ3) is 1.98. The molecule has 4 heteroatoms. The van der Waals surface area contributed by atoms with Crippen LogP contribution in [0.4, 0.5) is 11.4 Å². The number of methoxy groups -OCH3 is 1. The van der Waals surface area contributed by atoms with Gasteiger partial charge in [0.15, 0.2) is 0 Å². The van der Waals surface area contributed by atoms with E-state index in [9.17, 15) is 4.79 Å². The number of ether oxygens (including phenoxy) is 1. The number of rotatable bonds is 2. The average molecular weight is 232 g/mol. The Hall–Kier alpha value is -1.97. The standard InChI is InChI=1S/C13H16N2O2/c1-3-13(16)15-6-4-5-9-7-12(17-2)10(14)8-11(9)15/h3,7-8H,1,4-6,14H2,2H3. The van der Waals surface area contributed by atoms with Crippen molar-refractivity contribution >= 4 is 17.3 Å². The number of anilines is 2. The number of carbonyl (C=O) groups is 1. The van der Waals surface area contributed by atoms with Crippen LogP contribution < -0.4 is 15.4 Å². The van der Waals surface area contributed by atoms with E-state index in [2.05, 4.69) is 6.58 Å². The van der Waals surface area contributed by atoms with Crippen LogP contribution in [0.25, 0.3) is 0 Å². The molecule has 0 fully saturated rings. The van der Waals surface area contributed by atoms with Crippen molar-refractivity contribution in [2.24, 2.45) is 0 Å². The molecule has 0 atom stereocenters. The Labute approximate surface area is 101 Å². The molecule has 1 aromatic rings. The van der Waals surface area contributed by atoms with E-state index in [1.54, 1.807) is 18.1 Å². The second-order valence-corrected chi connectivity index (χ2v) is 4.02. The number of benzene rings is 1. The minimum atomic E-state index is -0.0875. The summed E-state index contributed by atoms with van der Waals surface area (Å²) in [5.41, 5.74) is 8.39. The number of fused-ring (bicyclic) bond motifs is 1. The lowest BCUT2D eigenvalue weighted by atomic mass is 10.0. The third-order valence-electron chi connectivity index (χ3n) is 2.99. The normalized spacial score (nSPS) is 14.1. The van der Waals surface area contributed by atoms with Gasteiger partial charge in [-0.3, -0.25) is 4.79 Å². The van der Waals surface area contributed by atoms with Crippen molar-refractivity contribution in [3.05, 3.63) is 30.4 Å². The van der Waals surface area contributed by atoms with Gasteiger partial charge in [0.25, 0.3) is 0 Å². The summed E-state index contributed by atoms with van der Waals surface area (Å²) in [5.74, 6) is 0.576. The molecular formula is C13H16N2O2. The fourth-order valence-corrected chi connectivity index (χ4v) is 2.14. The minimum Gasteiger partial charge on any atom is -0.495 e. The fraction of sp³-hybridized carbons (Fsp3) is 0.308. The predicted molar refractivity (Wildman–Crippen MR) is 68.3 cm³/mol. The van der Waals surface area contributed by atoms with Gasteiger partial charge in [-0.15, -0.1) is 0 Å². The van der Waals surface area contributed by atoms with E-state index < -0.39 is 0 Å². The molecule has 0 saturated heterocycles. The summed E-state index contributed by atoms with van der Waals surface area (Å²) in [6.45, 7) is 4.23. The van der Waals surface area contributed by atoms with Gasteiger partial charge in [0.1, 0.15) is 5.75 Å². The monoisotopic (exact) mass is 232 g/mol. The lowest BCUT2D eigenvalue weighted by Gasteiger charge is -2.29. The van der Waals surface area contributed by atoms with Crippen LogP contribution in [0.5, 0.6) is 5.75 Å². The first kappa shape index (κ1) is 11.5. The topological polar surface area (TPSA) is 55.6 Å². The second kappa shape index (κ2) is 4.49. The first-order chi connectivity index (χ1) is 8.17. The molecule has 0 aliphatic carbocycles. The maximum atomic E-state index is 11.7. The highest BCUT2D eigenvalue weighted by atomic mass is 16.5. The van der Waals surface area contributed by atoms with Gasteiger partial charge < -0.3 is 15.4 Å². The van der Waals surface area contributed by atoms with Crippen LogP contribution in [0.3, 0.4) is 0 Å². The first-order valence-corrected chi connectivity index (χ1v) is 5.57. The third-order valence-corrected chi connectivity index (χ3v) is 2.99. The summed E-state index contributed by atoms with van der Waals surface area (Å²) in [4.78, 5) is 13.4. The van der Waals surface area contributed by atoms with Gasteiger partial charge >= 0.3 is 0 Å². The maximum absolute atomic E-state index is 11.7. The molecule has 17 heavy (non-hydrogen) atoms. The summed E-state index contributed by atoms with van der Waals surface area (Å²) >= 11 is 0. The van der Waals surface area contributed by atoms with Crippen LogP contribution in [0.1, 0.15) is 12.0 Å². The van der Waals surface area contributed by atoms with Crippen molar-refractivity contribution in [3.63, 3.8) is 0 Å². The summed E-state index contributed by atoms with van der Waals surface area (Å²) in [6.07, 6.45) is 3.21. The number of hydrogen-bond acceptors (Lipinski definition) is 3. The Morgan fingerprint density at radius 3 is 3.00 bits per heavy atom. The molecule has 4 nitrogen and oxygen atoms in total. The molecule has 0 aromatic heterocycles. The Bertz CT molecular complexity index is 469. The smallest absolute Gasteiger partial charge is 0.250 e. The van der Waals surface area contributed by atoms with Crippen LogP contribution >= 0.6 is 0 Å². The molecule has 1 heterocycles. The Kier molecular flexibility index (Phi) is 3.04. The van der Waals surface area contributed by atoms with Crippen molar-refractivity contribution in [2.45, 2.75) is 12.8 Å². The molecule has 0 bridgehead atoms. The molecule has 2 N–H and O–H groups in total. The highest BCUT2D eigenvalue weighted by Gasteiger charge is 2.22. The van der Waals surface area contributed by atoms with E-state index in [1.165, 1.54) is 6.08 Å². The molecule has 1 aliphatic rings. The lowest BCUT2D eigenvalue weighted by Crippen LogP contribution is -2.34. The molecule has 0 unspecified atom stereocenters. The molecule has 0 spiro atoms. The first-order valence-electron chi connectivity index (χ1n) is 5.57. The van der Waals surface area contributed by atoms with Gasteiger partial charge in [0, 0.05) is 12.2 Å². The zero-order chi connectivity index (χ0) is 12.4. The van der Waals surface area contributed by atoms with E-state index in [0.29, 0.717) is 18.0 Å². The van der Waals surface area contributed by atoms with Crippen molar-refractivity contribution in [2.75, 3.05) is 24.3 Å². The quantitative estimate of drug-likeness (QED) is 0.624. The second-order valence-electron chi connectivity index (χ2n) is 4.02.